The van der Waals surface area contributed by atoms with Crippen LogP contribution in [0.25, 0.3) is 0 Å². The molecular weight excluding hydrogens is 326 g/mol. The van der Waals surface area contributed by atoms with Crippen molar-refractivity contribution in [2.45, 2.75) is 18.9 Å². The normalized spacial score (nSPS) is 23.8. The number of rotatable bonds is 2. The topological polar surface area (TPSA) is 112 Å². The van der Waals surface area contributed by atoms with Gasteiger partial charge in [0.2, 0.25) is 11.8 Å². The molecule has 2 N–H and O–H groups in total. The molecule has 3 aliphatic heterocycles. The Kier molecular flexibility index (Phi) is 3.72. The smallest absolute Gasteiger partial charge is 0.263 e. The summed E-state index contributed by atoms with van der Waals surface area (Å²) in [6, 6.07) is 0.667. The number of carbonyl (C=O) groups excluding carboxylic acids is 4. The summed E-state index contributed by atoms with van der Waals surface area (Å²) in [5.74, 6) is -1.39. The summed E-state index contributed by atoms with van der Waals surface area (Å²) in [7, 11) is 0. The summed E-state index contributed by atoms with van der Waals surface area (Å²) in [6.45, 7) is 3.19. The molecule has 9 nitrogen and oxygen atoms in total. The summed E-state index contributed by atoms with van der Waals surface area (Å²) in [4.78, 5) is 56.0. The second kappa shape index (κ2) is 5.92. The molecule has 4 heterocycles. The van der Waals surface area contributed by atoms with Gasteiger partial charge >= 0.3 is 0 Å². The molecule has 0 aliphatic carbocycles. The van der Waals surface area contributed by atoms with Crippen molar-refractivity contribution in [2.75, 3.05) is 31.1 Å². The van der Waals surface area contributed by atoms with E-state index in [4.69, 9.17) is 0 Å². The molecule has 2 fully saturated rings. The minimum atomic E-state index is -0.951. The summed E-state index contributed by atoms with van der Waals surface area (Å²) >= 11 is 0. The van der Waals surface area contributed by atoms with Crippen LogP contribution in [0.3, 0.4) is 0 Å². The Balaban J connectivity index is 1.63. The van der Waals surface area contributed by atoms with Crippen LogP contribution in [0.4, 0.5) is 5.82 Å². The van der Waals surface area contributed by atoms with Crippen molar-refractivity contribution in [2.24, 2.45) is 0 Å². The SMILES string of the molecule is O=C1CCC(N2C(=O)c3cnc(N4CCNCC4)cc3C2=O)C(=O)N1. The monoisotopic (exact) mass is 343 g/mol. The van der Waals surface area contributed by atoms with E-state index in [1.54, 1.807) is 6.07 Å². The van der Waals surface area contributed by atoms with E-state index in [1.807, 2.05) is 4.90 Å². The van der Waals surface area contributed by atoms with Crippen molar-refractivity contribution in [1.82, 2.24) is 20.5 Å². The number of amides is 4. The van der Waals surface area contributed by atoms with E-state index >= 15 is 0 Å². The number of piperazine rings is 1. The predicted molar refractivity (Wildman–Crippen MR) is 86.0 cm³/mol. The lowest BCUT2D eigenvalue weighted by atomic mass is 10.0. The number of piperidine rings is 1. The highest BCUT2D eigenvalue weighted by Crippen LogP contribution is 2.29. The fourth-order valence-corrected chi connectivity index (χ4v) is 3.42. The van der Waals surface area contributed by atoms with Gasteiger partial charge in [0.25, 0.3) is 11.8 Å². The molecule has 1 unspecified atom stereocenters. The highest BCUT2D eigenvalue weighted by Gasteiger charge is 2.45. The van der Waals surface area contributed by atoms with Gasteiger partial charge in [0.1, 0.15) is 11.9 Å². The fraction of sp³-hybridized carbons (Fsp3) is 0.438. The summed E-state index contributed by atoms with van der Waals surface area (Å²) < 4.78 is 0. The number of pyridine rings is 1. The Morgan fingerprint density at radius 1 is 1.04 bits per heavy atom. The summed E-state index contributed by atoms with van der Waals surface area (Å²) in [5.41, 5.74) is 0.465. The van der Waals surface area contributed by atoms with Gasteiger partial charge in [0.05, 0.1) is 11.1 Å². The van der Waals surface area contributed by atoms with Crippen molar-refractivity contribution in [3.05, 3.63) is 23.4 Å². The molecule has 2 saturated heterocycles. The van der Waals surface area contributed by atoms with Gasteiger partial charge in [-0.15, -0.1) is 0 Å². The van der Waals surface area contributed by atoms with E-state index < -0.39 is 23.8 Å². The van der Waals surface area contributed by atoms with Gasteiger partial charge < -0.3 is 10.2 Å². The van der Waals surface area contributed by atoms with Gasteiger partial charge in [-0.05, 0) is 12.5 Å². The molecule has 0 aromatic carbocycles. The maximum Gasteiger partial charge on any atom is 0.263 e. The van der Waals surface area contributed by atoms with E-state index in [2.05, 4.69) is 15.6 Å². The summed E-state index contributed by atoms with van der Waals surface area (Å²) in [5, 5.41) is 5.42. The first-order chi connectivity index (χ1) is 12.1. The first-order valence-electron chi connectivity index (χ1n) is 8.23. The number of aromatic nitrogens is 1. The van der Waals surface area contributed by atoms with Crippen molar-refractivity contribution >= 4 is 29.4 Å². The second-order valence-electron chi connectivity index (χ2n) is 6.27. The molecule has 3 aliphatic rings. The lowest BCUT2D eigenvalue weighted by Gasteiger charge is -2.28. The maximum absolute atomic E-state index is 12.8. The van der Waals surface area contributed by atoms with Crippen LogP contribution in [0.1, 0.15) is 33.6 Å². The molecule has 25 heavy (non-hydrogen) atoms. The minimum Gasteiger partial charge on any atom is -0.354 e. The Morgan fingerprint density at radius 2 is 1.76 bits per heavy atom. The summed E-state index contributed by atoms with van der Waals surface area (Å²) in [6.07, 6.45) is 1.65. The molecule has 9 heteroatoms. The highest BCUT2D eigenvalue weighted by atomic mass is 16.2. The molecule has 1 aromatic rings. The lowest BCUT2D eigenvalue weighted by Crippen LogP contribution is -2.54. The first-order valence-corrected chi connectivity index (χ1v) is 8.23. The third-order valence-electron chi connectivity index (χ3n) is 4.75. The van der Waals surface area contributed by atoms with Crippen molar-refractivity contribution in [3.63, 3.8) is 0 Å². The van der Waals surface area contributed by atoms with Crippen LogP contribution in [0.2, 0.25) is 0 Å². The van der Waals surface area contributed by atoms with Gasteiger partial charge in [0, 0.05) is 38.8 Å². The maximum atomic E-state index is 12.8. The third kappa shape index (κ3) is 2.56. The Labute approximate surface area is 143 Å². The third-order valence-corrected chi connectivity index (χ3v) is 4.75. The van der Waals surface area contributed by atoms with Crippen molar-refractivity contribution in [1.29, 1.82) is 0 Å². The van der Waals surface area contributed by atoms with Gasteiger partial charge in [-0.25, -0.2) is 4.98 Å². The number of hydrogen-bond acceptors (Lipinski definition) is 7. The standard InChI is InChI=1S/C16H17N5O4/c22-13-2-1-11(14(23)19-13)21-15(24)9-7-12(18-8-10(9)16(21)25)20-5-3-17-4-6-20/h7-8,11,17H,1-6H2,(H,19,22,23). The Morgan fingerprint density at radius 3 is 2.48 bits per heavy atom. The number of carbonyl (C=O) groups is 4. The molecule has 4 amide bonds. The predicted octanol–water partition coefficient (Wildman–Crippen LogP) is -1.11. The molecule has 0 saturated carbocycles. The average molecular weight is 343 g/mol. The molecule has 0 spiro atoms. The van der Waals surface area contributed by atoms with Gasteiger partial charge in [0.15, 0.2) is 0 Å². The number of nitrogens with zero attached hydrogens (tertiary/aromatic N) is 3. The lowest BCUT2D eigenvalue weighted by molar-refractivity contribution is -0.136. The van der Waals surface area contributed by atoms with Crippen LogP contribution in [-0.2, 0) is 9.59 Å². The number of nitrogens with one attached hydrogen (secondary N) is 2. The number of hydrogen-bond donors (Lipinski definition) is 2. The quantitative estimate of drug-likeness (QED) is 0.655. The average Bonchev–Trinajstić information content (AvgIpc) is 2.87. The van der Waals surface area contributed by atoms with Crippen LogP contribution in [0, 0.1) is 0 Å². The molecular formula is C16H17N5O4. The van der Waals surface area contributed by atoms with Crippen molar-refractivity contribution in [3.8, 4) is 0 Å². The van der Waals surface area contributed by atoms with E-state index in [-0.39, 0.29) is 29.9 Å². The van der Waals surface area contributed by atoms with E-state index in [0.29, 0.717) is 5.82 Å². The van der Waals surface area contributed by atoms with Gasteiger partial charge in [-0.3, -0.25) is 29.4 Å². The number of imide groups is 2. The first kappa shape index (κ1) is 15.7. The number of fused-ring (bicyclic) bond motifs is 1. The zero-order valence-corrected chi connectivity index (χ0v) is 13.4. The molecule has 1 aromatic heterocycles. The Bertz CT molecular complexity index is 787. The van der Waals surface area contributed by atoms with Crippen LogP contribution in [0.5, 0.6) is 0 Å². The van der Waals surface area contributed by atoms with Crippen LogP contribution in [0.15, 0.2) is 12.3 Å². The number of anilines is 1. The fourth-order valence-electron chi connectivity index (χ4n) is 3.42. The second-order valence-corrected chi connectivity index (χ2v) is 6.27. The van der Waals surface area contributed by atoms with Crippen LogP contribution < -0.4 is 15.5 Å². The van der Waals surface area contributed by atoms with E-state index in [1.165, 1.54) is 6.20 Å². The van der Waals surface area contributed by atoms with Crippen LogP contribution >= 0.6 is 0 Å². The van der Waals surface area contributed by atoms with Gasteiger partial charge in [-0.1, -0.05) is 0 Å². The molecule has 0 radical (unpaired) electrons. The molecule has 0 bridgehead atoms. The molecule has 1 atom stereocenters. The zero-order valence-electron chi connectivity index (χ0n) is 13.4. The van der Waals surface area contributed by atoms with Gasteiger partial charge in [-0.2, -0.15) is 0 Å². The molecule has 130 valence electrons. The molecule has 4 rings (SSSR count). The highest BCUT2D eigenvalue weighted by molar-refractivity contribution is 6.23. The largest absolute Gasteiger partial charge is 0.354 e. The zero-order chi connectivity index (χ0) is 17.6. The van der Waals surface area contributed by atoms with Crippen LogP contribution in [-0.4, -0.2) is 65.7 Å². The Hall–Kier alpha value is -2.81. The van der Waals surface area contributed by atoms with E-state index in [0.717, 1.165) is 31.1 Å². The van der Waals surface area contributed by atoms with E-state index in [9.17, 15) is 19.2 Å². The van der Waals surface area contributed by atoms with Crippen molar-refractivity contribution < 1.29 is 19.2 Å². The minimum absolute atomic E-state index is 0.105.